The Labute approximate surface area is 128 Å². The van der Waals surface area contributed by atoms with E-state index in [4.69, 9.17) is 16.3 Å². The summed E-state index contributed by atoms with van der Waals surface area (Å²) in [7, 11) is 0. The summed E-state index contributed by atoms with van der Waals surface area (Å²) >= 11 is 5.64. The molecule has 0 saturated heterocycles. The molecule has 2 rings (SSSR count). The van der Waals surface area contributed by atoms with Gasteiger partial charge >= 0.3 is 0 Å². The molecule has 0 atom stereocenters. The number of benzene rings is 1. The first kappa shape index (κ1) is 15.9. The second kappa shape index (κ2) is 8.69. The molecule has 0 amide bonds. The van der Waals surface area contributed by atoms with Crippen LogP contribution in [-0.2, 0) is 11.2 Å². The number of halogens is 1. The molecule has 0 unspecified atom stereocenters. The van der Waals surface area contributed by atoms with Crippen LogP contribution in [0, 0.1) is 0 Å². The van der Waals surface area contributed by atoms with Crippen molar-refractivity contribution < 1.29 is 4.74 Å². The molecule has 0 bridgehead atoms. The third-order valence-electron chi connectivity index (χ3n) is 4.49. The van der Waals surface area contributed by atoms with E-state index < -0.39 is 0 Å². The Morgan fingerprint density at radius 2 is 1.75 bits per heavy atom. The van der Waals surface area contributed by atoms with Gasteiger partial charge in [0.25, 0.3) is 0 Å². The SMILES string of the molecule is CCCCCc1ccc(C2CCC(OCCl)CC2)cc1. The van der Waals surface area contributed by atoms with Gasteiger partial charge in [-0.1, -0.05) is 55.6 Å². The fourth-order valence-corrected chi connectivity index (χ4v) is 3.37. The van der Waals surface area contributed by atoms with Gasteiger partial charge in [0, 0.05) is 0 Å². The topological polar surface area (TPSA) is 9.23 Å². The van der Waals surface area contributed by atoms with Crippen molar-refractivity contribution in [1.29, 1.82) is 0 Å². The third kappa shape index (κ3) is 4.79. The lowest BCUT2D eigenvalue weighted by atomic mass is 9.82. The van der Waals surface area contributed by atoms with Crippen LogP contribution in [0.4, 0.5) is 0 Å². The summed E-state index contributed by atoms with van der Waals surface area (Å²) in [6.45, 7) is 2.26. The lowest BCUT2D eigenvalue weighted by Gasteiger charge is -2.28. The highest BCUT2D eigenvalue weighted by atomic mass is 35.5. The third-order valence-corrected chi connectivity index (χ3v) is 4.62. The summed E-state index contributed by atoms with van der Waals surface area (Å²) in [6, 6.07) is 9.67. The first-order chi connectivity index (χ1) is 9.83. The Hall–Kier alpha value is -0.530. The van der Waals surface area contributed by atoms with Gasteiger partial charge in [0.05, 0.1) is 6.10 Å². The Bertz CT molecular complexity index is 366. The number of rotatable bonds is 7. The second-order valence-corrected chi connectivity index (χ2v) is 6.17. The Morgan fingerprint density at radius 3 is 2.35 bits per heavy atom. The summed E-state index contributed by atoms with van der Waals surface area (Å²) in [5.41, 5.74) is 3.00. The van der Waals surface area contributed by atoms with Gasteiger partial charge in [0.2, 0.25) is 0 Å². The molecular formula is C18H27ClO. The van der Waals surface area contributed by atoms with Crippen molar-refractivity contribution in [3.8, 4) is 0 Å². The number of aryl methyl sites for hydroxylation is 1. The van der Waals surface area contributed by atoms with Crippen LogP contribution in [0.2, 0.25) is 0 Å². The van der Waals surface area contributed by atoms with Crippen molar-refractivity contribution in [2.75, 3.05) is 6.07 Å². The molecular weight excluding hydrogens is 268 g/mol. The molecule has 1 fully saturated rings. The van der Waals surface area contributed by atoms with Gasteiger partial charge in [-0.25, -0.2) is 0 Å². The second-order valence-electron chi connectivity index (χ2n) is 5.95. The summed E-state index contributed by atoms with van der Waals surface area (Å²) in [6.07, 6.45) is 10.3. The molecule has 0 N–H and O–H groups in total. The Kier molecular flexibility index (Phi) is 6.89. The molecule has 0 aliphatic heterocycles. The fraction of sp³-hybridized carbons (Fsp3) is 0.667. The van der Waals surface area contributed by atoms with Crippen molar-refractivity contribution in [3.63, 3.8) is 0 Å². The van der Waals surface area contributed by atoms with Gasteiger partial charge < -0.3 is 4.74 Å². The average molecular weight is 295 g/mol. The van der Waals surface area contributed by atoms with Crippen LogP contribution in [0.5, 0.6) is 0 Å². The number of hydrogen-bond donors (Lipinski definition) is 0. The van der Waals surface area contributed by atoms with Crippen LogP contribution in [0.25, 0.3) is 0 Å². The maximum absolute atomic E-state index is 5.64. The van der Waals surface area contributed by atoms with Gasteiger partial charge in [-0.05, 0) is 55.6 Å². The standard InChI is InChI=1S/C18H27ClO/c1-2-3-4-5-15-6-8-16(9-7-15)17-10-12-18(13-11-17)20-14-19/h6-9,17-18H,2-5,10-14H2,1H3. The maximum Gasteiger partial charge on any atom is 0.121 e. The van der Waals surface area contributed by atoms with E-state index in [9.17, 15) is 0 Å². The zero-order chi connectivity index (χ0) is 14.2. The van der Waals surface area contributed by atoms with E-state index in [0.717, 1.165) is 18.8 Å². The largest absolute Gasteiger partial charge is 0.363 e. The first-order valence-corrected chi connectivity index (χ1v) is 8.63. The normalized spacial score (nSPS) is 22.9. The highest BCUT2D eigenvalue weighted by Crippen LogP contribution is 2.34. The van der Waals surface area contributed by atoms with Crippen LogP contribution in [-0.4, -0.2) is 12.2 Å². The molecule has 1 aromatic rings. The molecule has 1 saturated carbocycles. The predicted molar refractivity (Wildman–Crippen MR) is 86.5 cm³/mol. The smallest absolute Gasteiger partial charge is 0.121 e. The fourth-order valence-electron chi connectivity index (χ4n) is 3.19. The number of unbranched alkanes of at least 4 members (excludes halogenated alkanes) is 2. The van der Waals surface area contributed by atoms with Crippen LogP contribution in [0.1, 0.15) is 68.9 Å². The maximum atomic E-state index is 5.64. The monoisotopic (exact) mass is 294 g/mol. The van der Waals surface area contributed by atoms with Gasteiger partial charge in [-0.3, -0.25) is 0 Å². The summed E-state index contributed by atoms with van der Waals surface area (Å²) < 4.78 is 5.51. The van der Waals surface area contributed by atoms with E-state index in [2.05, 4.69) is 31.2 Å². The summed E-state index contributed by atoms with van der Waals surface area (Å²) in [4.78, 5) is 0. The zero-order valence-corrected chi connectivity index (χ0v) is 13.4. The minimum Gasteiger partial charge on any atom is -0.363 e. The van der Waals surface area contributed by atoms with Gasteiger partial charge in [-0.15, -0.1) is 0 Å². The van der Waals surface area contributed by atoms with Gasteiger partial charge in [0.15, 0.2) is 0 Å². The van der Waals surface area contributed by atoms with Crippen molar-refractivity contribution in [1.82, 2.24) is 0 Å². The zero-order valence-electron chi connectivity index (χ0n) is 12.6. The van der Waals surface area contributed by atoms with E-state index in [1.54, 1.807) is 0 Å². The molecule has 1 nitrogen and oxygen atoms in total. The molecule has 1 aliphatic carbocycles. The highest BCUT2D eigenvalue weighted by Gasteiger charge is 2.22. The van der Waals surface area contributed by atoms with Crippen LogP contribution in [0.15, 0.2) is 24.3 Å². The van der Waals surface area contributed by atoms with Crippen LogP contribution in [0.3, 0.4) is 0 Å². The predicted octanol–water partition coefficient (Wildman–Crippen LogP) is 5.66. The first-order valence-electron chi connectivity index (χ1n) is 8.10. The van der Waals surface area contributed by atoms with Crippen molar-refractivity contribution in [2.45, 2.75) is 70.3 Å². The Balaban J connectivity index is 1.81. The van der Waals surface area contributed by atoms with E-state index >= 15 is 0 Å². The van der Waals surface area contributed by atoms with Gasteiger partial charge in [-0.2, -0.15) is 0 Å². The molecule has 1 aliphatic rings. The molecule has 20 heavy (non-hydrogen) atoms. The Morgan fingerprint density at radius 1 is 1.05 bits per heavy atom. The lowest BCUT2D eigenvalue weighted by molar-refractivity contribution is 0.0531. The minimum atomic E-state index is 0.335. The van der Waals surface area contributed by atoms with Crippen LogP contribution >= 0.6 is 11.6 Å². The summed E-state index contributed by atoms with van der Waals surface area (Å²) in [5.74, 6) is 0.717. The highest BCUT2D eigenvalue weighted by molar-refractivity contribution is 6.17. The molecule has 2 heteroatoms. The molecule has 112 valence electrons. The van der Waals surface area contributed by atoms with E-state index in [1.165, 1.54) is 49.7 Å². The van der Waals surface area contributed by atoms with E-state index in [0.29, 0.717) is 12.2 Å². The quantitative estimate of drug-likeness (QED) is 0.466. The van der Waals surface area contributed by atoms with Crippen LogP contribution < -0.4 is 0 Å². The minimum absolute atomic E-state index is 0.335. The van der Waals surface area contributed by atoms with Gasteiger partial charge in [0.1, 0.15) is 6.07 Å². The van der Waals surface area contributed by atoms with Crippen molar-refractivity contribution in [3.05, 3.63) is 35.4 Å². The average Bonchev–Trinajstić information content (AvgIpc) is 2.49. The van der Waals surface area contributed by atoms with Crippen molar-refractivity contribution in [2.24, 2.45) is 0 Å². The number of alkyl halides is 1. The van der Waals surface area contributed by atoms with E-state index in [-0.39, 0.29) is 0 Å². The molecule has 0 spiro atoms. The molecule has 0 heterocycles. The number of hydrogen-bond acceptors (Lipinski definition) is 1. The van der Waals surface area contributed by atoms with E-state index in [1.807, 2.05) is 0 Å². The molecule has 0 aromatic heterocycles. The lowest BCUT2D eigenvalue weighted by Crippen LogP contribution is -2.20. The molecule has 1 aromatic carbocycles. The summed E-state index contributed by atoms with van der Waals surface area (Å²) in [5, 5.41) is 0. The molecule has 0 radical (unpaired) electrons. The van der Waals surface area contributed by atoms with Crippen molar-refractivity contribution >= 4 is 11.6 Å². The number of ether oxygens (including phenoxy) is 1.